The molecule has 3 aromatic rings. The summed E-state index contributed by atoms with van der Waals surface area (Å²) in [5, 5.41) is 3.82. The van der Waals surface area contributed by atoms with E-state index < -0.39 is 10.0 Å². The van der Waals surface area contributed by atoms with Crippen molar-refractivity contribution in [1.82, 2.24) is 9.88 Å². The molecule has 0 unspecified atom stereocenters. The molecule has 0 fully saturated rings. The number of hydrogen-bond acceptors (Lipinski definition) is 7. The van der Waals surface area contributed by atoms with E-state index in [0.717, 1.165) is 22.6 Å². The average Bonchev–Trinajstić information content (AvgIpc) is 3.30. The maximum Gasteiger partial charge on any atom is 0.250 e. The zero-order valence-electron chi connectivity index (χ0n) is 15.2. The van der Waals surface area contributed by atoms with E-state index in [4.69, 9.17) is 14.0 Å². The molecule has 0 amide bonds. The van der Waals surface area contributed by atoms with E-state index in [9.17, 15) is 8.42 Å². The van der Waals surface area contributed by atoms with Crippen LogP contribution in [-0.4, -0.2) is 27.3 Å². The van der Waals surface area contributed by atoms with Gasteiger partial charge in [-0.05, 0) is 43.7 Å². The number of aryl methyl sites for hydroxylation is 1. The van der Waals surface area contributed by atoms with Gasteiger partial charge < -0.3 is 14.0 Å². The second-order valence-corrected chi connectivity index (χ2v) is 8.77. The van der Waals surface area contributed by atoms with Crippen LogP contribution in [0.25, 0.3) is 10.6 Å². The van der Waals surface area contributed by atoms with Crippen LogP contribution in [0.2, 0.25) is 0 Å². The van der Waals surface area contributed by atoms with Crippen LogP contribution in [0.4, 0.5) is 0 Å². The van der Waals surface area contributed by atoms with Gasteiger partial charge in [-0.25, -0.2) is 13.1 Å². The Morgan fingerprint density at radius 3 is 2.67 bits per heavy atom. The van der Waals surface area contributed by atoms with E-state index >= 15 is 0 Å². The molecule has 1 aromatic carbocycles. The highest BCUT2D eigenvalue weighted by Gasteiger charge is 2.19. The molecular weight excluding hydrogens is 388 g/mol. The first-order valence-electron chi connectivity index (χ1n) is 8.26. The molecule has 1 N–H and O–H groups in total. The maximum absolute atomic E-state index is 12.6. The van der Waals surface area contributed by atoms with Gasteiger partial charge in [0.2, 0.25) is 10.0 Å². The molecule has 0 atom stereocenters. The number of methoxy groups -OCH3 is 1. The fourth-order valence-corrected chi connectivity index (χ4v) is 4.74. The van der Waals surface area contributed by atoms with Crippen LogP contribution in [-0.2, 0) is 16.6 Å². The zero-order valence-corrected chi connectivity index (χ0v) is 16.8. The molecule has 0 aliphatic carbocycles. The lowest BCUT2D eigenvalue weighted by Crippen LogP contribution is -2.22. The summed E-state index contributed by atoms with van der Waals surface area (Å²) < 4.78 is 43.9. The molecule has 2 heterocycles. The molecule has 0 bridgehead atoms. The van der Waals surface area contributed by atoms with Crippen LogP contribution < -0.4 is 14.2 Å². The predicted molar refractivity (Wildman–Crippen MR) is 103 cm³/mol. The quantitative estimate of drug-likeness (QED) is 0.612. The molecule has 0 saturated carbocycles. The van der Waals surface area contributed by atoms with Crippen molar-refractivity contribution in [3.8, 4) is 22.1 Å². The summed E-state index contributed by atoms with van der Waals surface area (Å²) in [4.78, 5) is 0.707. The molecule has 0 radical (unpaired) electrons. The second-order valence-electron chi connectivity index (χ2n) is 5.69. The van der Waals surface area contributed by atoms with E-state index in [-0.39, 0.29) is 10.8 Å². The standard InChI is InChI=1S/C18H20N2O5S2/c1-4-24-14-6-5-13(10-15(14)23-3)11-19-27(21,22)18-8-7-17(26-18)16-9-12(2)20-25-16/h5-10,19H,4,11H2,1-3H3. The molecule has 27 heavy (non-hydrogen) atoms. The number of hydrogen-bond donors (Lipinski definition) is 1. The van der Waals surface area contributed by atoms with Gasteiger partial charge in [-0.3, -0.25) is 0 Å². The highest BCUT2D eigenvalue weighted by molar-refractivity contribution is 7.91. The summed E-state index contributed by atoms with van der Waals surface area (Å²) in [5.41, 5.74) is 1.51. The zero-order chi connectivity index (χ0) is 19.4. The summed E-state index contributed by atoms with van der Waals surface area (Å²) in [7, 11) is -2.10. The number of rotatable bonds is 8. The van der Waals surface area contributed by atoms with Crippen molar-refractivity contribution in [2.24, 2.45) is 0 Å². The molecule has 0 aliphatic rings. The van der Waals surface area contributed by atoms with Crippen LogP contribution in [0.3, 0.4) is 0 Å². The van der Waals surface area contributed by atoms with E-state index in [1.54, 1.807) is 43.5 Å². The van der Waals surface area contributed by atoms with Crippen molar-refractivity contribution >= 4 is 21.4 Å². The largest absolute Gasteiger partial charge is 0.493 e. The summed E-state index contributed by atoms with van der Waals surface area (Å²) in [6, 6.07) is 10.3. The van der Waals surface area contributed by atoms with Crippen LogP contribution in [0.1, 0.15) is 18.2 Å². The smallest absolute Gasteiger partial charge is 0.250 e. The Bertz CT molecular complexity index is 1020. The first-order valence-corrected chi connectivity index (χ1v) is 10.6. The molecule has 9 heteroatoms. The number of sulfonamides is 1. The van der Waals surface area contributed by atoms with Crippen LogP contribution in [0.5, 0.6) is 11.5 Å². The highest BCUT2D eigenvalue weighted by atomic mass is 32.2. The third kappa shape index (κ3) is 4.49. The van der Waals surface area contributed by atoms with Crippen LogP contribution in [0, 0.1) is 6.92 Å². The normalized spacial score (nSPS) is 11.5. The van der Waals surface area contributed by atoms with Gasteiger partial charge in [0, 0.05) is 12.6 Å². The Morgan fingerprint density at radius 2 is 2.00 bits per heavy atom. The molecule has 3 rings (SSSR count). The molecule has 144 valence electrons. The van der Waals surface area contributed by atoms with Gasteiger partial charge in [-0.15, -0.1) is 11.3 Å². The van der Waals surface area contributed by atoms with Crippen molar-refractivity contribution in [3.63, 3.8) is 0 Å². The third-order valence-corrected chi connectivity index (χ3v) is 6.70. The Labute approximate surface area is 162 Å². The number of aromatic nitrogens is 1. The summed E-state index contributed by atoms with van der Waals surface area (Å²) in [5.74, 6) is 1.74. The van der Waals surface area contributed by atoms with E-state index in [1.807, 2.05) is 13.8 Å². The predicted octanol–water partition coefficient (Wildman–Crippen LogP) is 3.60. The number of benzene rings is 1. The van der Waals surface area contributed by atoms with E-state index in [2.05, 4.69) is 9.88 Å². The van der Waals surface area contributed by atoms with Crippen molar-refractivity contribution in [1.29, 1.82) is 0 Å². The summed E-state index contributed by atoms with van der Waals surface area (Å²) in [6.45, 7) is 4.36. The molecule has 2 aromatic heterocycles. The number of ether oxygens (including phenoxy) is 2. The minimum atomic E-state index is -3.64. The molecule has 7 nitrogen and oxygen atoms in total. The van der Waals surface area contributed by atoms with E-state index in [0.29, 0.717) is 28.7 Å². The molecule has 0 spiro atoms. The van der Waals surface area contributed by atoms with Gasteiger partial charge in [0.25, 0.3) is 0 Å². The lowest BCUT2D eigenvalue weighted by Gasteiger charge is -2.11. The van der Waals surface area contributed by atoms with Crippen molar-refractivity contribution in [2.45, 2.75) is 24.6 Å². The minimum absolute atomic E-state index is 0.139. The summed E-state index contributed by atoms with van der Waals surface area (Å²) in [6.07, 6.45) is 0. The van der Waals surface area contributed by atoms with Crippen molar-refractivity contribution in [2.75, 3.05) is 13.7 Å². The van der Waals surface area contributed by atoms with Crippen LogP contribution >= 0.6 is 11.3 Å². The Hall–Kier alpha value is -2.36. The van der Waals surface area contributed by atoms with Gasteiger partial charge in [-0.1, -0.05) is 11.2 Å². The SMILES string of the molecule is CCOc1ccc(CNS(=O)(=O)c2ccc(-c3cc(C)no3)s2)cc1OC. The van der Waals surface area contributed by atoms with Gasteiger partial charge in [-0.2, -0.15) is 0 Å². The van der Waals surface area contributed by atoms with Gasteiger partial charge >= 0.3 is 0 Å². The lowest BCUT2D eigenvalue weighted by molar-refractivity contribution is 0.310. The summed E-state index contributed by atoms with van der Waals surface area (Å²) >= 11 is 1.13. The monoisotopic (exact) mass is 408 g/mol. The molecule has 0 saturated heterocycles. The Morgan fingerprint density at radius 1 is 1.19 bits per heavy atom. The Balaban J connectivity index is 1.73. The fraction of sp³-hybridized carbons (Fsp3) is 0.278. The topological polar surface area (TPSA) is 90.7 Å². The van der Waals surface area contributed by atoms with Gasteiger partial charge in [0.05, 0.1) is 24.3 Å². The Kier molecular flexibility index (Phi) is 5.83. The van der Waals surface area contributed by atoms with Gasteiger partial charge in [0.1, 0.15) is 4.21 Å². The lowest BCUT2D eigenvalue weighted by atomic mass is 10.2. The maximum atomic E-state index is 12.6. The second kappa shape index (κ2) is 8.12. The average molecular weight is 409 g/mol. The third-order valence-electron chi connectivity index (χ3n) is 3.71. The minimum Gasteiger partial charge on any atom is -0.493 e. The van der Waals surface area contributed by atoms with E-state index in [1.165, 1.54) is 0 Å². The molecule has 0 aliphatic heterocycles. The fourth-order valence-electron chi connectivity index (χ4n) is 2.42. The van der Waals surface area contributed by atoms with Crippen molar-refractivity contribution in [3.05, 3.63) is 47.7 Å². The number of thiophene rings is 1. The number of nitrogens with one attached hydrogen (secondary N) is 1. The van der Waals surface area contributed by atoms with Gasteiger partial charge in [0.15, 0.2) is 17.3 Å². The first kappa shape index (κ1) is 19.4. The highest BCUT2D eigenvalue weighted by Crippen LogP contribution is 2.31. The first-order chi connectivity index (χ1) is 12.9. The van der Waals surface area contributed by atoms with Crippen molar-refractivity contribution < 1.29 is 22.4 Å². The molecular formula is C18H20N2O5S2. The number of nitrogens with zero attached hydrogens (tertiary/aromatic N) is 1. The van der Waals surface area contributed by atoms with Crippen LogP contribution in [0.15, 0.2) is 45.1 Å².